The molecule has 0 bridgehead atoms. The maximum Gasteiger partial charge on any atom is 0.255 e. The van der Waals surface area contributed by atoms with Crippen molar-refractivity contribution in [2.75, 3.05) is 17.7 Å². The van der Waals surface area contributed by atoms with Crippen molar-refractivity contribution < 1.29 is 9.18 Å². The van der Waals surface area contributed by atoms with E-state index in [1.165, 1.54) is 0 Å². The third kappa shape index (κ3) is 3.21. The van der Waals surface area contributed by atoms with Gasteiger partial charge in [0.25, 0.3) is 5.91 Å². The lowest BCUT2D eigenvalue weighted by atomic mass is 10.2. The number of carbonyl (C=O) groups excluding carboxylic acids is 1. The Morgan fingerprint density at radius 2 is 1.65 bits per heavy atom. The van der Waals surface area contributed by atoms with Gasteiger partial charge in [0.1, 0.15) is 5.82 Å². The molecule has 3 nitrogen and oxygen atoms in total. The van der Waals surface area contributed by atoms with Gasteiger partial charge in [-0.15, -0.1) is 0 Å². The van der Waals surface area contributed by atoms with E-state index < -0.39 is 5.82 Å². The van der Waals surface area contributed by atoms with Crippen molar-refractivity contribution in [2.45, 2.75) is 0 Å². The summed E-state index contributed by atoms with van der Waals surface area (Å²) in [6.45, 7) is 0. The van der Waals surface area contributed by atoms with Crippen LogP contribution in [0.3, 0.4) is 0 Å². The molecule has 0 saturated heterocycles. The second kappa shape index (κ2) is 6.11. The molecule has 0 saturated carbocycles. The van der Waals surface area contributed by atoms with Gasteiger partial charge in [-0.3, -0.25) is 4.79 Å². The van der Waals surface area contributed by atoms with Crippen LogP contribution >= 0.6 is 23.2 Å². The largest absolute Gasteiger partial charge is 0.388 e. The maximum atomic E-state index is 13.1. The van der Waals surface area contributed by atoms with Gasteiger partial charge >= 0.3 is 0 Å². The van der Waals surface area contributed by atoms with E-state index in [1.807, 2.05) is 0 Å². The number of benzene rings is 2. The Kier molecular flexibility index (Phi) is 4.47. The van der Waals surface area contributed by atoms with E-state index in [0.29, 0.717) is 5.56 Å². The lowest BCUT2D eigenvalue weighted by Crippen LogP contribution is -2.12. The predicted molar refractivity (Wildman–Crippen MR) is 80.4 cm³/mol. The number of hydrogen-bond acceptors (Lipinski definition) is 2. The lowest BCUT2D eigenvalue weighted by molar-refractivity contribution is 0.102. The molecule has 1 amide bonds. The summed E-state index contributed by atoms with van der Waals surface area (Å²) in [7, 11) is 1.78. The van der Waals surface area contributed by atoms with Crippen LogP contribution < -0.4 is 10.6 Å². The second-order valence-corrected chi connectivity index (χ2v) is 4.84. The van der Waals surface area contributed by atoms with E-state index in [2.05, 4.69) is 10.6 Å². The molecule has 2 aromatic carbocycles. The van der Waals surface area contributed by atoms with Gasteiger partial charge in [0.15, 0.2) is 0 Å². The van der Waals surface area contributed by atoms with E-state index in [9.17, 15) is 9.18 Å². The minimum Gasteiger partial charge on any atom is -0.388 e. The molecule has 20 heavy (non-hydrogen) atoms. The Morgan fingerprint density at radius 3 is 2.15 bits per heavy atom. The zero-order valence-electron chi connectivity index (χ0n) is 10.5. The van der Waals surface area contributed by atoms with Crippen LogP contribution in [0, 0.1) is 5.82 Å². The van der Waals surface area contributed by atoms with E-state index >= 15 is 0 Å². The number of carbonyl (C=O) groups is 1. The fourth-order valence-electron chi connectivity index (χ4n) is 1.64. The van der Waals surface area contributed by atoms with Gasteiger partial charge in [-0.25, -0.2) is 4.39 Å². The molecule has 0 aromatic heterocycles. The van der Waals surface area contributed by atoms with Crippen LogP contribution in [0.4, 0.5) is 15.8 Å². The molecule has 2 rings (SSSR count). The molecule has 104 valence electrons. The first kappa shape index (κ1) is 14.6. The van der Waals surface area contributed by atoms with Crippen LogP contribution in [0.25, 0.3) is 0 Å². The van der Waals surface area contributed by atoms with Crippen molar-refractivity contribution in [1.82, 2.24) is 0 Å². The third-order valence-electron chi connectivity index (χ3n) is 2.68. The molecule has 0 aliphatic rings. The predicted octanol–water partition coefficient (Wildman–Crippen LogP) is 4.43. The summed E-state index contributed by atoms with van der Waals surface area (Å²) in [5.41, 5.74) is 1.53. The van der Waals surface area contributed by atoms with Gasteiger partial charge in [0.2, 0.25) is 0 Å². The Bertz CT molecular complexity index is 621. The highest BCUT2D eigenvalue weighted by atomic mass is 35.5. The molecule has 0 aliphatic heterocycles. The molecule has 0 heterocycles. The number of halogens is 3. The van der Waals surface area contributed by atoms with Crippen molar-refractivity contribution in [2.24, 2.45) is 0 Å². The molecule has 0 aliphatic carbocycles. The standard InChI is InChI=1S/C14H11Cl2FN2O/c1-18-10-4-2-8(3-5-10)14(20)19-13-11(15)6-9(17)7-12(13)16/h2-7,18H,1H3,(H,19,20). The van der Waals surface area contributed by atoms with E-state index in [-0.39, 0.29) is 21.6 Å². The van der Waals surface area contributed by atoms with Crippen LogP contribution in [0.5, 0.6) is 0 Å². The molecular weight excluding hydrogens is 302 g/mol. The Hall–Kier alpha value is -1.78. The number of rotatable bonds is 3. The SMILES string of the molecule is CNc1ccc(C(=O)Nc2c(Cl)cc(F)cc2Cl)cc1. The van der Waals surface area contributed by atoms with Crippen LogP contribution in [0.1, 0.15) is 10.4 Å². The van der Waals surface area contributed by atoms with Gasteiger partial charge in [0, 0.05) is 18.3 Å². The molecule has 0 spiro atoms. The summed E-state index contributed by atoms with van der Waals surface area (Å²) in [6.07, 6.45) is 0. The summed E-state index contributed by atoms with van der Waals surface area (Å²) >= 11 is 11.7. The molecule has 0 atom stereocenters. The average Bonchev–Trinajstić information content (AvgIpc) is 2.42. The number of amides is 1. The highest BCUT2D eigenvalue weighted by molar-refractivity contribution is 6.40. The average molecular weight is 313 g/mol. The topological polar surface area (TPSA) is 41.1 Å². The fourth-order valence-corrected chi connectivity index (χ4v) is 2.19. The van der Waals surface area contributed by atoms with E-state index in [4.69, 9.17) is 23.2 Å². The van der Waals surface area contributed by atoms with Crippen molar-refractivity contribution in [3.05, 3.63) is 57.8 Å². The Labute approximate surface area is 125 Å². The van der Waals surface area contributed by atoms with Crippen LogP contribution in [0.2, 0.25) is 10.0 Å². The van der Waals surface area contributed by atoms with E-state index in [1.54, 1.807) is 31.3 Å². The monoisotopic (exact) mass is 312 g/mol. The van der Waals surface area contributed by atoms with Gasteiger partial charge in [-0.2, -0.15) is 0 Å². The van der Waals surface area contributed by atoms with Gasteiger partial charge in [-0.05, 0) is 36.4 Å². The molecule has 6 heteroatoms. The molecular formula is C14H11Cl2FN2O. The molecule has 0 fully saturated rings. The van der Waals surface area contributed by atoms with Gasteiger partial charge in [0.05, 0.1) is 15.7 Å². The normalized spacial score (nSPS) is 10.2. The molecule has 0 radical (unpaired) electrons. The zero-order chi connectivity index (χ0) is 14.7. The van der Waals surface area contributed by atoms with Gasteiger partial charge < -0.3 is 10.6 Å². The first-order valence-electron chi connectivity index (χ1n) is 5.75. The third-order valence-corrected chi connectivity index (χ3v) is 3.28. The first-order valence-corrected chi connectivity index (χ1v) is 6.50. The summed E-state index contributed by atoms with van der Waals surface area (Å²) < 4.78 is 13.1. The second-order valence-electron chi connectivity index (χ2n) is 4.03. The van der Waals surface area contributed by atoms with Crippen LogP contribution in [-0.4, -0.2) is 13.0 Å². The smallest absolute Gasteiger partial charge is 0.255 e. The van der Waals surface area contributed by atoms with Crippen molar-refractivity contribution in [1.29, 1.82) is 0 Å². The van der Waals surface area contributed by atoms with Crippen LogP contribution in [0.15, 0.2) is 36.4 Å². The maximum absolute atomic E-state index is 13.1. The number of hydrogen-bond donors (Lipinski definition) is 2. The molecule has 0 unspecified atom stereocenters. The quantitative estimate of drug-likeness (QED) is 0.880. The van der Waals surface area contributed by atoms with Crippen molar-refractivity contribution in [3.8, 4) is 0 Å². The number of anilines is 2. The van der Waals surface area contributed by atoms with Crippen molar-refractivity contribution in [3.63, 3.8) is 0 Å². The lowest BCUT2D eigenvalue weighted by Gasteiger charge is -2.10. The van der Waals surface area contributed by atoms with Gasteiger partial charge in [-0.1, -0.05) is 23.2 Å². The Balaban J connectivity index is 2.23. The minimum atomic E-state index is -0.559. The first-order chi connectivity index (χ1) is 9.51. The zero-order valence-corrected chi connectivity index (χ0v) is 12.0. The minimum absolute atomic E-state index is 0.0511. The fraction of sp³-hybridized carbons (Fsp3) is 0.0714. The molecule has 2 N–H and O–H groups in total. The summed E-state index contributed by atoms with van der Waals surface area (Å²) in [5, 5.41) is 5.62. The summed E-state index contributed by atoms with van der Waals surface area (Å²) in [4.78, 5) is 12.1. The van der Waals surface area contributed by atoms with Crippen LogP contribution in [-0.2, 0) is 0 Å². The highest BCUT2D eigenvalue weighted by Crippen LogP contribution is 2.31. The molecule has 2 aromatic rings. The Morgan fingerprint density at radius 1 is 1.10 bits per heavy atom. The summed E-state index contributed by atoms with van der Waals surface area (Å²) in [5.74, 6) is -0.931. The summed E-state index contributed by atoms with van der Waals surface area (Å²) in [6, 6.07) is 9.03. The van der Waals surface area contributed by atoms with E-state index in [0.717, 1.165) is 17.8 Å². The van der Waals surface area contributed by atoms with Crippen molar-refractivity contribution >= 4 is 40.5 Å². The number of nitrogens with one attached hydrogen (secondary N) is 2. The highest BCUT2D eigenvalue weighted by Gasteiger charge is 2.13.